The summed E-state index contributed by atoms with van der Waals surface area (Å²) in [5, 5.41) is 7.51. The van der Waals surface area contributed by atoms with Gasteiger partial charge < -0.3 is 16.0 Å². The fourth-order valence-electron chi connectivity index (χ4n) is 3.65. The van der Waals surface area contributed by atoms with Crippen molar-refractivity contribution in [3.63, 3.8) is 0 Å². The maximum absolute atomic E-state index is 15.0. The Bertz CT molecular complexity index is 1030. The first-order valence-electron chi connectivity index (χ1n) is 9.78. The van der Waals surface area contributed by atoms with E-state index in [2.05, 4.69) is 20.4 Å². The molecule has 1 aromatic carbocycles. The first-order chi connectivity index (χ1) is 14.4. The molecule has 3 aromatic rings. The first-order valence-corrected chi connectivity index (χ1v) is 9.78. The molecule has 0 bridgehead atoms. The van der Waals surface area contributed by atoms with Crippen molar-refractivity contribution in [3.05, 3.63) is 54.5 Å². The second-order valence-electron chi connectivity index (χ2n) is 7.77. The molecule has 0 unspecified atom stereocenters. The Morgan fingerprint density at radius 3 is 2.73 bits per heavy atom. The molecule has 156 valence electrons. The zero-order valence-electron chi connectivity index (χ0n) is 16.9. The second-order valence-corrected chi connectivity index (χ2v) is 7.77. The summed E-state index contributed by atoms with van der Waals surface area (Å²) in [7, 11) is 3.12. The summed E-state index contributed by atoms with van der Waals surface area (Å²) in [5.74, 6) is 0.172. The summed E-state index contributed by atoms with van der Waals surface area (Å²) in [6.07, 6.45) is 7.00. The topological polar surface area (TPSA) is 102 Å². The molecule has 0 spiro atoms. The lowest BCUT2D eigenvalue weighted by Gasteiger charge is -2.35. The van der Waals surface area contributed by atoms with Crippen LogP contribution < -0.4 is 11.1 Å². The number of carbonyl (C=O) groups excluding carboxylic acids is 1. The summed E-state index contributed by atoms with van der Waals surface area (Å²) in [5.41, 5.74) is 6.71. The van der Waals surface area contributed by atoms with Gasteiger partial charge in [0.1, 0.15) is 24.3 Å². The summed E-state index contributed by atoms with van der Waals surface area (Å²) in [6.45, 7) is 0.815. The minimum atomic E-state index is -0.634. The van der Waals surface area contributed by atoms with Crippen molar-refractivity contribution in [1.82, 2.24) is 24.6 Å². The van der Waals surface area contributed by atoms with E-state index in [0.29, 0.717) is 23.1 Å². The number of halogens is 1. The molecule has 0 aliphatic heterocycles. The van der Waals surface area contributed by atoms with Crippen LogP contribution in [0.1, 0.15) is 29.2 Å². The number of rotatable bonds is 6. The van der Waals surface area contributed by atoms with Crippen LogP contribution in [0.15, 0.2) is 43.1 Å². The molecule has 2 heterocycles. The van der Waals surface area contributed by atoms with Gasteiger partial charge in [0.2, 0.25) is 0 Å². The molecule has 0 radical (unpaired) electrons. The number of nitrogen functional groups attached to an aromatic ring is 1. The molecule has 1 aliphatic carbocycles. The third-order valence-corrected chi connectivity index (χ3v) is 5.46. The van der Waals surface area contributed by atoms with Gasteiger partial charge in [0.05, 0.1) is 11.6 Å². The van der Waals surface area contributed by atoms with Gasteiger partial charge in [-0.2, -0.15) is 5.10 Å². The molecular weight excluding hydrogens is 385 g/mol. The van der Waals surface area contributed by atoms with E-state index < -0.39 is 11.7 Å². The maximum atomic E-state index is 15.0. The summed E-state index contributed by atoms with van der Waals surface area (Å²) >= 11 is 0. The Balaban J connectivity index is 1.40. The number of anilines is 2. The van der Waals surface area contributed by atoms with E-state index in [0.717, 1.165) is 25.2 Å². The highest BCUT2D eigenvalue weighted by atomic mass is 19.1. The van der Waals surface area contributed by atoms with Crippen LogP contribution in [0.2, 0.25) is 0 Å². The van der Waals surface area contributed by atoms with Gasteiger partial charge in [-0.25, -0.2) is 19.0 Å². The molecular formula is C21H24FN7O. The van der Waals surface area contributed by atoms with E-state index in [1.165, 1.54) is 4.90 Å². The molecule has 1 aliphatic rings. The number of carbonyl (C=O) groups is 1. The zero-order chi connectivity index (χ0) is 21.3. The van der Waals surface area contributed by atoms with Crippen molar-refractivity contribution in [2.75, 3.05) is 31.7 Å². The number of nitrogens with one attached hydrogen (secondary N) is 1. The number of aromatic nitrogens is 4. The summed E-state index contributed by atoms with van der Waals surface area (Å²) in [6, 6.07) is 7.13. The van der Waals surface area contributed by atoms with Gasteiger partial charge in [-0.05, 0) is 43.0 Å². The van der Waals surface area contributed by atoms with Gasteiger partial charge in [-0.1, -0.05) is 0 Å². The van der Waals surface area contributed by atoms with Crippen molar-refractivity contribution < 1.29 is 9.18 Å². The largest absolute Gasteiger partial charge is 0.398 e. The molecule has 3 N–H and O–H groups in total. The van der Waals surface area contributed by atoms with E-state index in [4.69, 9.17) is 5.73 Å². The quantitative estimate of drug-likeness (QED) is 0.607. The average Bonchev–Trinajstić information content (AvgIpc) is 3.21. The highest BCUT2D eigenvalue weighted by Gasteiger charge is 2.30. The SMILES string of the molecule is CN(C)C(=O)c1c(N)ccc(-c2ccc(NCC3CC(n4cncn4)C3)nc2)c1F. The molecule has 0 atom stereocenters. The molecule has 1 saturated carbocycles. The number of amides is 1. The van der Waals surface area contributed by atoms with Crippen LogP contribution >= 0.6 is 0 Å². The number of pyridine rings is 1. The van der Waals surface area contributed by atoms with E-state index in [1.54, 1.807) is 51.1 Å². The van der Waals surface area contributed by atoms with Crippen molar-refractivity contribution in [2.45, 2.75) is 18.9 Å². The van der Waals surface area contributed by atoms with E-state index >= 15 is 4.39 Å². The van der Waals surface area contributed by atoms with Gasteiger partial charge in [0.15, 0.2) is 0 Å². The highest BCUT2D eigenvalue weighted by Crippen LogP contribution is 2.37. The van der Waals surface area contributed by atoms with Gasteiger partial charge in [0.25, 0.3) is 5.91 Å². The molecule has 0 saturated heterocycles. The van der Waals surface area contributed by atoms with Crippen LogP contribution in [0.4, 0.5) is 15.9 Å². The van der Waals surface area contributed by atoms with Crippen LogP contribution in [0, 0.1) is 11.7 Å². The van der Waals surface area contributed by atoms with Crippen molar-refractivity contribution in [3.8, 4) is 11.1 Å². The van der Waals surface area contributed by atoms with Crippen LogP contribution in [-0.4, -0.2) is 51.2 Å². The standard InChI is InChI=1S/C21H24FN7O/c1-28(2)21(30)19-17(23)5-4-16(20(19)22)14-3-6-18(26-10-14)25-9-13-7-15(8-13)29-12-24-11-27-29/h3-6,10-13,15H,7-9,23H2,1-2H3,(H,25,26). The second kappa shape index (κ2) is 8.10. The Labute approximate surface area is 173 Å². The van der Waals surface area contributed by atoms with Crippen molar-refractivity contribution in [1.29, 1.82) is 0 Å². The number of nitrogens with zero attached hydrogens (tertiary/aromatic N) is 5. The predicted octanol–water partition coefficient (Wildman–Crippen LogP) is 2.83. The lowest BCUT2D eigenvalue weighted by Crippen LogP contribution is -2.32. The highest BCUT2D eigenvalue weighted by molar-refractivity contribution is 6.00. The molecule has 30 heavy (non-hydrogen) atoms. The number of hydrogen-bond acceptors (Lipinski definition) is 6. The fourth-order valence-corrected chi connectivity index (χ4v) is 3.65. The van der Waals surface area contributed by atoms with Gasteiger partial charge in [-0.15, -0.1) is 0 Å². The monoisotopic (exact) mass is 409 g/mol. The lowest BCUT2D eigenvalue weighted by molar-refractivity contribution is 0.0824. The van der Waals surface area contributed by atoms with Gasteiger partial charge in [0, 0.05) is 43.7 Å². The molecule has 9 heteroatoms. The third kappa shape index (κ3) is 3.83. The first kappa shape index (κ1) is 19.8. The molecule has 1 fully saturated rings. The summed E-state index contributed by atoms with van der Waals surface area (Å²) < 4.78 is 16.9. The van der Waals surface area contributed by atoms with Crippen molar-refractivity contribution in [2.24, 2.45) is 5.92 Å². The Morgan fingerprint density at radius 1 is 1.30 bits per heavy atom. The molecule has 1 amide bonds. The van der Waals surface area contributed by atoms with Crippen molar-refractivity contribution >= 4 is 17.4 Å². The van der Waals surface area contributed by atoms with Crippen LogP contribution in [-0.2, 0) is 0 Å². The van der Waals surface area contributed by atoms with Gasteiger partial charge >= 0.3 is 0 Å². The Morgan fingerprint density at radius 2 is 2.10 bits per heavy atom. The van der Waals surface area contributed by atoms with Crippen LogP contribution in [0.5, 0.6) is 0 Å². The average molecular weight is 409 g/mol. The Kier molecular flexibility index (Phi) is 5.35. The van der Waals surface area contributed by atoms with E-state index in [1.807, 2.05) is 10.7 Å². The van der Waals surface area contributed by atoms with Crippen LogP contribution in [0.25, 0.3) is 11.1 Å². The van der Waals surface area contributed by atoms with Crippen LogP contribution in [0.3, 0.4) is 0 Å². The van der Waals surface area contributed by atoms with E-state index in [9.17, 15) is 4.79 Å². The maximum Gasteiger partial charge on any atom is 0.258 e. The lowest BCUT2D eigenvalue weighted by atomic mass is 9.80. The normalized spacial score (nSPS) is 18.0. The number of hydrogen-bond donors (Lipinski definition) is 2. The van der Waals surface area contributed by atoms with Gasteiger partial charge in [-0.3, -0.25) is 4.79 Å². The molecule has 4 rings (SSSR count). The fraction of sp³-hybridized carbons (Fsp3) is 0.333. The van der Waals surface area contributed by atoms with E-state index in [-0.39, 0.29) is 11.3 Å². The molecule has 2 aromatic heterocycles. The third-order valence-electron chi connectivity index (χ3n) is 5.46. The summed E-state index contributed by atoms with van der Waals surface area (Å²) in [4.78, 5) is 22.0. The number of benzene rings is 1. The Hall–Kier alpha value is -3.49. The number of nitrogens with two attached hydrogens (primary N) is 1. The zero-order valence-corrected chi connectivity index (χ0v) is 16.9. The minimum Gasteiger partial charge on any atom is -0.398 e. The smallest absolute Gasteiger partial charge is 0.258 e. The molecule has 8 nitrogen and oxygen atoms in total. The predicted molar refractivity (Wildman–Crippen MR) is 112 cm³/mol. The minimum absolute atomic E-state index is 0.117.